The number of carbonyl (C=O) groups is 1. The van der Waals surface area contributed by atoms with Crippen molar-refractivity contribution in [1.29, 1.82) is 0 Å². The van der Waals surface area contributed by atoms with Crippen LogP contribution in [0.25, 0.3) is 11.1 Å². The third kappa shape index (κ3) is 2.99. The van der Waals surface area contributed by atoms with Crippen LogP contribution in [-0.4, -0.2) is 62.6 Å². The van der Waals surface area contributed by atoms with Gasteiger partial charge in [0.15, 0.2) is 23.0 Å². The first kappa shape index (κ1) is 16.7. The minimum Gasteiger partial charge on any atom is -0.504 e. The van der Waals surface area contributed by atoms with Crippen molar-refractivity contribution in [2.75, 3.05) is 26.3 Å². The number of phenols is 5. The summed E-state index contributed by atoms with van der Waals surface area (Å²) in [5.41, 5.74) is 0.0987. The molecule has 1 fully saturated rings. The lowest BCUT2D eigenvalue weighted by atomic mass is 9.96. The van der Waals surface area contributed by atoms with Crippen LogP contribution in [0.1, 0.15) is 10.4 Å². The van der Waals surface area contributed by atoms with E-state index in [1.54, 1.807) is 0 Å². The molecule has 1 aliphatic heterocycles. The van der Waals surface area contributed by atoms with Crippen LogP contribution in [0, 0.1) is 0 Å². The minimum absolute atomic E-state index is 0.0419. The van der Waals surface area contributed by atoms with E-state index in [0.29, 0.717) is 26.3 Å². The zero-order valence-corrected chi connectivity index (χ0v) is 13.1. The fraction of sp³-hybridized carbons (Fsp3) is 0.235. The van der Waals surface area contributed by atoms with Crippen molar-refractivity contribution in [1.82, 2.24) is 4.90 Å². The summed E-state index contributed by atoms with van der Waals surface area (Å²) in [6, 6.07) is 4.77. The van der Waals surface area contributed by atoms with Crippen molar-refractivity contribution in [3.63, 3.8) is 0 Å². The average molecular weight is 347 g/mol. The Labute approximate surface area is 142 Å². The van der Waals surface area contributed by atoms with E-state index in [9.17, 15) is 30.3 Å². The molecule has 0 unspecified atom stereocenters. The van der Waals surface area contributed by atoms with Gasteiger partial charge in [-0.25, -0.2) is 0 Å². The molecule has 3 rings (SSSR count). The highest BCUT2D eigenvalue weighted by Gasteiger charge is 2.27. The van der Waals surface area contributed by atoms with Gasteiger partial charge in [0.25, 0.3) is 5.91 Å². The Balaban J connectivity index is 2.16. The largest absolute Gasteiger partial charge is 0.504 e. The predicted molar refractivity (Wildman–Crippen MR) is 86.9 cm³/mol. The highest BCUT2D eigenvalue weighted by molar-refractivity contribution is 6.04. The Morgan fingerprint density at radius 3 is 2.20 bits per heavy atom. The Hall–Kier alpha value is -3.13. The van der Waals surface area contributed by atoms with Gasteiger partial charge in [0.2, 0.25) is 5.75 Å². The topological polar surface area (TPSA) is 131 Å². The van der Waals surface area contributed by atoms with E-state index < -0.39 is 28.9 Å². The Morgan fingerprint density at radius 1 is 0.880 bits per heavy atom. The number of phenolic OH excluding ortho intramolecular Hbond substituents is 5. The molecule has 132 valence electrons. The lowest BCUT2D eigenvalue weighted by molar-refractivity contribution is 0.0303. The van der Waals surface area contributed by atoms with E-state index in [1.807, 2.05) is 0 Å². The third-order valence-corrected chi connectivity index (χ3v) is 4.05. The number of nitrogens with zero attached hydrogens (tertiary/aromatic N) is 1. The molecule has 2 aromatic carbocycles. The van der Waals surface area contributed by atoms with Gasteiger partial charge in [-0.15, -0.1) is 0 Å². The molecular weight excluding hydrogens is 330 g/mol. The Kier molecular flexibility index (Phi) is 4.28. The molecule has 0 saturated carbocycles. The fourth-order valence-corrected chi connectivity index (χ4v) is 2.72. The van der Waals surface area contributed by atoms with Crippen LogP contribution in [-0.2, 0) is 4.74 Å². The molecule has 8 nitrogen and oxygen atoms in total. The van der Waals surface area contributed by atoms with Crippen molar-refractivity contribution in [3.05, 3.63) is 29.8 Å². The van der Waals surface area contributed by atoms with Gasteiger partial charge in [0.1, 0.15) is 0 Å². The van der Waals surface area contributed by atoms with Gasteiger partial charge in [-0.3, -0.25) is 4.79 Å². The SMILES string of the molecule is O=C(c1cc(O)c(O)c(O)c1-c1ccc(O)c(O)c1)N1CCOCC1. The van der Waals surface area contributed by atoms with Gasteiger partial charge in [0, 0.05) is 18.7 Å². The molecule has 0 radical (unpaired) electrons. The number of benzene rings is 2. The predicted octanol–water partition coefficient (Wildman–Crippen LogP) is 1.35. The van der Waals surface area contributed by atoms with Crippen LogP contribution in [0.5, 0.6) is 28.7 Å². The minimum atomic E-state index is -0.777. The van der Waals surface area contributed by atoms with Crippen molar-refractivity contribution in [2.24, 2.45) is 0 Å². The van der Waals surface area contributed by atoms with Gasteiger partial charge in [-0.2, -0.15) is 0 Å². The number of amides is 1. The second-order valence-electron chi connectivity index (χ2n) is 5.62. The van der Waals surface area contributed by atoms with Gasteiger partial charge in [-0.05, 0) is 23.8 Å². The quantitative estimate of drug-likeness (QED) is 0.518. The van der Waals surface area contributed by atoms with Crippen molar-refractivity contribution < 1.29 is 35.1 Å². The summed E-state index contributed by atoms with van der Waals surface area (Å²) in [4.78, 5) is 14.3. The van der Waals surface area contributed by atoms with Crippen molar-refractivity contribution >= 4 is 5.91 Å². The number of hydrogen-bond donors (Lipinski definition) is 5. The average Bonchev–Trinajstić information content (AvgIpc) is 2.62. The summed E-state index contributed by atoms with van der Waals surface area (Å²) in [6.07, 6.45) is 0. The van der Waals surface area contributed by atoms with Gasteiger partial charge >= 0.3 is 0 Å². The summed E-state index contributed by atoms with van der Waals surface area (Å²) >= 11 is 0. The van der Waals surface area contributed by atoms with Crippen LogP contribution in [0.3, 0.4) is 0 Å². The summed E-state index contributed by atoms with van der Waals surface area (Å²) < 4.78 is 5.20. The second-order valence-corrected chi connectivity index (χ2v) is 5.62. The lowest BCUT2D eigenvalue weighted by Gasteiger charge is -2.28. The normalized spacial score (nSPS) is 14.5. The maximum absolute atomic E-state index is 12.8. The molecule has 0 bridgehead atoms. The first-order chi connectivity index (χ1) is 11.9. The van der Waals surface area contributed by atoms with Gasteiger partial charge < -0.3 is 35.2 Å². The number of ether oxygens (including phenoxy) is 1. The highest BCUT2D eigenvalue weighted by Crippen LogP contribution is 2.46. The van der Waals surface area contributed by atoms with E-state index in [1.165, 1.54) is 17.0 Å². The molecule has 1 saturated heterocycles. The van der Waals surface area contributed by atoms with Crippen LogP contribution in [0.15, 0.2) is 24.3 Å². The molecule has 1 heterocycles. The molecule has 25 heavy (non-hydrogen) atoms. The summed E-state index contributed by atoms with van der Waals surface area (Å²) in [5, 5.41) is 49.1. The molecule has 2 aromatic rings. The zero-order chi connectivity index (χ0) is 18.1. The highest BCUT2D eigenvalue weighted by atomic mass is 16.5. The summed E-state index contributed by atoms with van der Waals surface area (Å²) in [7, 11) is 0. The monoisotopic (exact) mass is 347 g/mol. The maximum Gasteiger partial charge on any atom is 0.254 e. The van der Waals surface area contributed by atoms with Crippen LogP contribution < -0.4 is 0 Å². The van der Waals surface area contributed by atoms with E-state index in [-0.39, 0.29) is 22.4 Å². The van der Waals surface area contributed by atoms with Gasteiger partial charge in [-0.1, -0.05) is 6.07 Å². The molecule has 8 heteroatoms. The Morgan fingerprint density at radius 2 is 1.56 bits per heavy atom. The summed E-state index contributed by atoms with van der Waals surface area (Å²) in [5.74, 6) is -3.39. The molecule has 1 aliphatic rings. The smallest absolute Gasteiger partial charge is 0.254 e. The van der Waals surface area contributed by atoms with Crippen molar-refractivity contribution in [2.45, 2.75) is 0 Å². The molecular formula is C17H17NO7. The number of hydrogen-bond acceptors (Lipinski definition) is 7. The van der Waals surface area contributed by atoms with E-state index >= 15 is 0 Å². The lowest BCUT2D eigenvalue weighted by Crippen LogP contribution is -2.40. The molecule has 5 N–H and O–H groups in total. The molecule has 0 aliphatic carbocycles. The third-order valence-electron chi connectivity index (χ3n) is 4.05. The number of morpholine rings is 1. The number of aromatic hydroxyl groups is 5. The molecule has 0 aromatic heterocycles. The standard InChI is InChI=1S/C17H17NO7/c19-11-2-1-9(7-12(11)20)14-10(8-13(21)15(22)16(14)23)17(24)18-3-5-25-6-4-18/h1-2,7-8,19-23H,3-6H2. The van der Waals surface area contributed by atoms with E-state index in [2.05, 4.69) is 0 Å². The maximum atomic E-state index is 12.8. The van der Waals surface area contributed by atoms with E-state index in [0.717, 1.165) is 12.1 Å². The fourth-order valence-electron chi connectivity index (χ4n) is 2.72. The first-order valence-corrected chi connectivity index (χ1v) is 7.57. The number of rotatable bonds is 2. The Bertz CT molecular complexity index is 828. The first-order valence-electron chi connectivity index (χ1n) is 7.57. The molecule has 1 amide bonds. The number of carbonyl (C=O) groups excluding carboxylic acids is 1. The van der Waals surface area contributed by atoms with Crippen LogP contribution in [0.4, 0.5) is 0 Å². The molecule has 0 atom stereocenters. The zero-order valence-electron chi connectivity index (χ0n) is 13.1. The van der Waals surface area contributed by atoms with Gasteiger partial charge in [0.05, 0.1) is 18.8 Å². The second kappa shape index (κ2) is 6.40. The summed E-state index contributed by atoms with van der Waals surface area (Å²) in [6.45, 7) is 1.44. The molecule has 0 spiro atoms. The van der Waals surface area contributed by atoms with Crippen molar-refractivity contribution in [3.8, 4) is 39.9 Å². The van der Waals surface area contributed by atoms with E-state index in [4.69, 9.17) is 4.74 Å². The van der Waals surface area contributed by atoms with Crippen LogP contribution in [0.2, 0.25) is 0 Å². The van der Waals surface area contributed by atoms with Crippen LogP contribution >= 0.6 is 0 Å².